The summed E-state index contributed by atoms with van der Waals surface area (Å²) in [5, 5.41) is 13.2. The molecule has 2 rings (SSSR count). The largest absolute Gasteiger partial charge is 0.475 e. The minimum absolute atomic E-state index is 0.187. The molecule has 0 atom stereocenters. The van der Waals surface area contributed by atoms with Crippen molar-refractivity contribution < 1.29 is 9.90 Å². The minimum Gasteiger partial charge on any atom is -0.475 e. The molecule has 1 heterocycles. The Morgan fingerprint density at radius 2 is 1.95 bits per heavy atom. The van der Waals surface area contributed by atoms with Gasteiger partial charge in [-0.05, 0) is 62.9 Å². The normalized spacial score (nSPS) is 10.8. The molecule has 0 radical (unpaired) electrons. The molecule has 0 aliphatic heterocycles. The van der Waals surface area contributed by atoms with E-state index in [1.165, 1.54) is 0 Å². The summed E-state index contributed by atoms with van der Waals surface area (Å²) in [6.07, 6.45) is 1.52. The highest BCUT2D eigenvalue weighted by Gasteiger charge is 2.19. The first-order valence-electron chi connectivity index (χ1n) is 6.09. The molecule has 0 aliphatic carbocycles. The monoisotopic (exact) mass is 401 g/mol. The van der Waals surface area contributed by atoms with Crippen molar-refractivity contribution in [2.24, 2.45) is 0 Å². The lowest BCUT2D eigenvalue weighted by atomic mass is 10.2. The fraction of sp³-hybridized carbons (Fsp3) is 0.308. The van der Waals surface area contributed by atoms with Crippen LogP contribution in [0.25, 0.3) is 5.69 Å². The second-order valence-electron chi connectivity index (χ2n) is 4.40. The average molecular weight is 403 g/mol. The van der Waals surface area contributed by atoms with Gasteiger partial charge in [0.1, 0.15) is 5.82 Å². The van der Waals surface area contributed by atoms with E-state index in [9.17, 15) is 4.79 Å². The zero-order valence-corrected chi connectivity index (χ0v) is 14.2. The summed E-state index contributed by atoms with van der Waals surface area (Å²) in [7, 11) is 0. The van der Waals surface area contributed by atoms with E-state index in [4.69, 9.17) is 5.11 Å². The maximum Gasteiger partial charge on any atom is 0.375 e. The molecule has 5 nitrogen and oxygen atoms in total. The van der Waals surface area contributed by atoms with Gasteiger partial charge >= 0.3 is 5.97 Å². The van der Waals surface area contributed by atoms with E-state index >= 15 is 0 Å². The highest BCUT2D eigenvalue weighted by atomic mass is 79.9. The molecule has 1 aromatic carbocycles. The first kappa shape index (κ1) is 15.2. The molecule has 1 aromatic heterocycles. The second-order valence-corrected chi connectivity index (χ2v) is 6.10. The predicted octanol–water partition coefficient (Wildman–Crippen LogP) is 3.75. The number of hydrogen-bond acceptors (Lipinski definition) is 3. The Hall–Kier alpha value is -1.21. The second kappa shape index (κ2) is 6.05. The van der Waals surface area contributed by atoms with Crippen LogP contribution >= 0.6 is 31.9 Å². The summed E-state index contributed by atoms with van der Waals surface area (Å²) < 4.78 is 3.26. The molecular weight excluding hydrogens is 390 g/mol. The van der Waals surface area contributed by atoms with Crippen molar-refractivity contribution >= 4 is 37.8 Å². The van der Waals surface area contributed by atoms with E-state index in [1.54, 1.807) is 4.68 Å². The molecule has 0 spiro atoms. The summed E-state index contributed by atoms with van der Waals surface area (Å²) in [5.41, 5.74) is 1.85. The van der Waals surface area contributed by atoms with Gasteiger partial charge in [0.2, 0.25) is 0 Å². The van der Waals surface area contributed by atoms with E-state index in [2.05, 4.69) is 41.9 Å². The number of rotatable bonds is 4. The fourth-order valence-corrected chi connectivity index (χ4v) is 3.65. The topological polar surface area (TPSA) is 68.0 Å². The molecule has 1 N–H and O–H groups in total. The third-order valence-electron chi connectivity index (χ3n) is 2.71. The molecule has 0 saturated carbocycles. The van der Waals surface area contributed by atoms with Crippen LogP contribution in [0.2, 0.25) is 0 Å². The third-order valence-corrected chi connectivity index (χ3v) is 3.92. The number of benzene rings is 1. The molecule has 0 bridgehead atoms. The molecule has 7 heteroatoms. The standard InChI is InChI=1S/C13H13Br2N3O2/c1-3-4-10-16-12(13(19)20)17-18(10)11-8(14)5-7(2)6-9(11)15/h5-6H,3-4H2,1-2H3,(H,19,20). The highest BCUT2D eigenvalue weighted by molar-refractivity contribution is 9.11. The summed E-state index contributed by atoms with van der Waals surface area (Å²) >= 11 is 7.00. The Morgan fingerprint density at radius 1 is 1.35 bits per heavy atom. The Labute approximate surface area is 133 Å². The van der Waals surface area contributed by atoms with Crippen LogP contribution in [0, 0.1) is 6.92 Å². The van der Waals surface area contributed by atoms with Crippen molar-refractivity contribution in [3.05, 3.63) is 38.3 Å². The Balaban J connectivity index is 2.65. The summed E-state index contributed by atoms with van der Waals surface area (Å²) in [5.74, 6) is -0.677. The van der Waals surface area contributed by atoms with Gasteiger partial charge in [-0.15, -0.1) is 5.10 Å². The third kappa shape index (κ3) is 2.93. The zero-order valence-electron chi connectivity index (χ0n) is 11.0. The van der Waals surface area contributed by atoms with E-state index < -0.39 is 5.97 Å². The van der Waals surface area contributed by atoms with Gasteiger partial charge in [0.25, 0.3) is 5.82 Å². The molecular formula is C13H13Br2N3O2. The van der Waals surface area contributed by atoms with Crippen molar-refractivity contribution in [2.45, 2.75) is 26.7 Å². The number of halogens is 2. The van der Waals surface area contributed by atoms with Gasteiger partial charge in [-0.25, -0.2) is 14.5 Å². The van der Waals surface area contributed by atoms with Crippen LogP contribution < -0.4 is 0 Å². The summed E-state index contributed by atoms with van der Waals surface area (Å²) in [6.45, 7) is 4.00. The van der Waals surface area contributed by atoms with Crippen LogP contribution in [-0.2, 0) is 6.42 Å². The number of carboxylic acids is 1. The van der Waals surface area contributed by atoms with Crippen LogP contribution in [0.3, 0.4) is 0 Å². The number of aromatic nitrogens is 3. The zero-order chi connectivity index (χ0) is 14.9. The van der Waals surface area contributed by atoms with Crippen molar-refractivity contribution in [3.63, 3.8) is 0 Å². The van der Waals surface area contributed by atoms with Crippen LogP contribution in [0.4, 0.5) is 0 Å². The number of aryl methyl sites for hydroxylation is 2. The van der Waals surface area contributed by atoms with Gasteiger partial charge in [0.15, 0.2) is 0 Å². The molecule has 0 fully saturated rings. The molecule has 0 unspecified atom stereocenters. The fourth-order valence-electron chi connectivity index (χ4n) is 1.89. The van der Waals surface area contributed by atoms with Gasteiger partial charge in [-0.1, -0.05) is 6.92 Å². The van der Waals surface area contributed by atoms with Crippen LogP contribution in [0.1, 0.15) is 35.4 Å². The predicted molar refractivity (Wildman–Crippen MR) is 82.5 cm³/mol. The lowest BCUT2D eigenvalue weighted by Crippen LogP contribution is -2.06. The van der Waals surface area contributed by atoms with Crippen molar-refractivity contribution in [2.75, 3.05) is 0 Å². The molecule has 0 amide bonds. The lowest BCUT2D eigenvalue weighted by Gasteiger charge is -2.11. The first-order chi connectivity index (χ1) is 9.43. The number of aromatic carboxylic acids is 1. The molecule has 106 valence electrons. The summed E-state index contributed by atoms with van der Waals surface area (Å²) in [6, 6.07) is 3.91. The van der Waals surface area contributed by atoms with Gasteiger partial charge in [0, 0.05) is 15.4 Å². The molecule has 2 aromatic rings. The van der Waals surface area contributed by atoms with Gasteiger partial charge in [-0.2, -0.15) is 0 Å². The van der Waals surface area contributed by atoms with E-state index in [1.807, 2.05) is 26.0 Å². The SMILES string of the molecule is CCCc1nc(C(=O)O)nn1-c1c(Br)cc(C)cc1Br. The van der Waals surface area contributed by atoms with Gasteiger partial charge < -0.3 is 5.11 Å². The van der Waals surface area contributed by atoms with Crippen molar-refractivity contribution in [1.82, 2.24) is 14.8 Å². The highest BCUT2D eigenvalue weighted by Crippen LogP contribution is 2.31. The van der Waals surface area contributed by atoms with E-state index in [0.717, 1.165) is 26.6 Å². The number of hydrogen-bond donors (Lipinski definition) is 1. The molecule has 0 saturated heterocycles. The average Bonchev–Trinajstić information content (AvgIpc) is 2.72. The van der Waals surface area contributed by atoms with Gasteiger partial charge in [0.05, 0.1) is 5.69 Å². The van der Waals surface area contributed by atoms with E-state index in [-0.39, 0.29) is 5.82 Å². The Morgan fingerprint density at radius 3 is 2.45 bits per heavy atom. The molecule has 20 heavy (non-hydrogen) atoms. The minimum atomic E-state index is -1.12. The smallest absolute Gasteiger partial charge is 0.375 e. The maximum absolute atomic E-state index is 11.1. The summed E-state index contributed by atoms with van der Waals surface area (Å²) in [4.78, 5) is 15.2. The van der Waals surface area contributed by atoms with Crippen LogP contribution in [0.15, 0.2) is 21.1 Å². The van der Waals surface area contributed by atoms with Crippen molar-refractivity contribution in [3.8, 4) is 5.69 Å². The molecule has 0 aliphatic rings. The number of carbonyl (C=O) groups is 1. The quantitative estimate of drug-likeness (QED) is 0.845. The maximum atomic E-state index is 11.1. The first-order valence-corrected chi connectivity index (χ1v) is 7.68. The Kier molecular flexibility index (Phi) is 4.59. The van der Waals surface area contributed by atoms with Gasteiger partial charge in [-0.3, -0.25) is 0 Å². The number of nitrogens with zero attached hydrogens (tertiary/aromatic N) is 3. The van der Waals surface area contributed by atoms with E-state index in [0.29, 0.717) is 12.2 Å². The van der Waals surface area contributed by atoms with Crippen molar-refractivity contribution in [1.29, 1.82) is 0 Å². The van der Waals surface area contributed by atoms with Crippen LogP contribution in [0.5, 0.6) is 0 Å². The lowest BCUT2D eigenvalue weighted by molar-refractivity contribution is 0.0683. The Bertz CT molecular complexity index is 645. The number of carboxylic acid groups (broad SMARTS) is 1. The van der Waals surface area contributed by atoms with Crippen LogP contribution in [-0.4, -0.2) is 25.8 Å².